The van der Waals surface area contributed by atoms with Gasteiger partial charge in [-0.3, -0.25) is 4.98 Å². The van der Waals surface area contributed by atoms with Gasteiger partial charge in [0.1, 0.15) is 5.75 Å². The van der Waals surface area contributed by atoms with E-state index in [2.05, 4.69) is 55.1 Å². The molecule has 0 saturated heterocycles. The highest BCUT2D eigenvalue weighted by molar-refractivity contribution is 5.30. The Bertz CT molecular complexity index is 573. The summed E-state index contributed by atoms with van der Waals surface area (Å²) in [6.07, 6.45) is 4.41. The number of hydrogen-bond acceptors (Lipinski definition) is 4. The molecule has 0 aliphatic heterocycles. The lowest BCUT2D eigenvalue weighted by Crippen LogP contribution is -2.35. The van der Waals surface area contributed by atoms with Crippen LogP contribution in [0.25, 0.3) is 0 Å². The second kappa shape index (κ2) is 6.68. The first-order chi connectivity index (χ1) is 9.96. The van der Waals surface area contributed by atoms with Gasteiger partial charge in [0.2, 0.25) is 5.88 Å². The smallest absolute Gasteiger partial charge is 0.238 e. The summed E-state index contributed by atoms with van der Waals surface area (Å²) in [5, 5.41) is 3.39. The molecule has 1 N–H and O–H groups in total. The van der Waals surface area contributed by atoms with Gasteiger partial charge < -0.3 is 10.1 Å². The van der Waals surface area contributed by atoms with Gasteiger partial charge >= 0.3 is 0 Å². The van der Waals surface area contributed by atoms with Crippen molar-refractivity contribution in [3.63, 3.8) is 0 Å². The highest BCUT2D eigenvalue weighted by Crippen LogP contribution is 2.19. The fraction of sp³-hybridized carbons (Fsp3) is 0.412. The van der Waals surface area contributed by atoms with Crippen LogP contribution in [0, 0.1) is 0 Å². The van der Waals surface area contributed by atoms with E-state index >= 15 is 0 Å². The van der Waals surface area contributed by atoms with E-state index in [9.17, 15) is 0 Å². The van der Waals surface area contributed by atoms with E-state index in [0.29, 0.717) is 12.4 Å². The average Bonchev–Trinajstić information content (AvgIpc) is 2.46. The van der Waals surface area contributed by atoms with Crippen LogP contribution < -0.4 is 10.1 Å². The van der Waals surface area contributed by atoms with Crippen LogP contribution in [0.1, 0.15) is 39.0 Å². The zero-order valence-electron chi connectivity index (χ0n) is 13.2. The number of nitrogens with one attached hydrogen (secondary N) is 1. The fourth-order valence-electron chi connectivity index (χ4n) is 1.79. The van der Waals surface area contributed by atoms with Gasteiger partial charge in [-0.15, -0.1) is 0 Å². The molecule has 2 rings (SSSR count). The molecule has 1 aromatic heterocycles. The predicted molar refractivity (Wildman–Crippen MR) is 84.5 cm³/mol. The minimum Gasteiger partial charge on any atom is -0.437 e. The van der Waals surface area contributed by atoms with Crippen LogP contribution in [0.3, 0.4) is 0 Å². The molecule has 0 radical (unpaired) electrons. The molecule has 2 aromatic rings. The van der Waals surface area contributed by atoms with E-state index in [-0.39, 0.29) is 5.54 Å². The standard InChI is InChI=1S/C17H23N3O/c1-5-13-6-8-15(9-7-13)21-16-12-18-10-14(20-16)11-19-17(2,3)4/h6-10,12,19H,5,11H2,1-4H3. The normalized spacial score (nSPS) is 11.4. The summed E-state index contributed by atoms with van der Waals surface area (Å²) in [6, 6.07) is 8.04. The Morgan fingerprint density at radius 2 is 1.81 bits per heavy atom. The van der Waals surface area contributed by atoms with Crippen molar-refractivity contribution >= 4 is 0 Å². The van der Waals surface area contributed by atoms with E-state index in [4.69, 9.17) is 4.74 Å². The summed E-state index contributed by atoms with van der Waals surface area (Å²) in [5.41, 5.74) is 2.21. The van der Waals surface area contributed by atoms with Crippen molar-refractivity contribution in [3.05, 3.63) is 47.9 Å². The van der Waals surface area contributed by atoms with Crippen molar-refractivity contribution in [2.75, 3.05) is 0 Å². The molecule has 112 valence electrons. The molecule has 0 bridgehead atoms. The Kier molecular flexibility index (Phi) is 4.91. The molecule has 21 heavy (non-hydrogen) atoms. The quantitative estimate of drug-likeness (QED) is 0.909. The minimum atomic E-state index is 0.0501. The number of aryl methyl sites for hydroxylation is 1. The predicted octanol–water partition coefficient (Wildman–Crippen LogP) is 3.72. The second-order valence-electron chi connectivity index (χ2n) is 6.05. The molecule has 0 spiro atoms. The van der Waals surface area contributed by atoms with Crippen molar-refractivity contribution in [2.24, 2.45) is 0 Å². The number of rotatable bonds is 5. The average molecular weight is 285 g/mol. The first-order valence-electron chi connectivity index (χ1n) is 7.29. The summed E-state index contributed by atoms with van der Waals surface area (Å²) in [6.45, 7) is 9.16. The zero-order valence-corrected chi connectivity index (χ0v) is 13.2. The van der Waals surface area contributed by atoms with Gasteiger partial charge in [-0.1, -0.05) is 19.1 Å². The van der Waals surface area contributed by atoms with Gasteiger partial charge in [-0.05, 0) is 44.9 Å². The maximum atomic E-state index is 5.75. The molecule has 0 atom stereocenters. The van der Waals surface area contributed by atoms with E-state index in [1.165, 1.54) is 5.56 Å². The van der Waals surface area contributed by atoms with Gasteiger partial charge in [0, 0.05) is 18.3 Å². The van der Waals surface area contributed by atoms with E-state index in [0.717, 1.165) is 17.9 Å². The van der Waals surface area contributed by atoms with Gasteiger partial charge in [0.05, 0.1) is 11.9 Å². The fourth-order valence-corrected chi connectivity index (χ4v) is 1.79. The Morgan fingerprint density at radius 3 is 2.43 bits per heavy atom. The summed E-state index contributed by atoms with van der Waals surface area (Å²) < 4.78 is 5.75. The Hall–Kier alpha value is -1.94. The van der Waals surface area contributed by atoms with Gasteiger partial charge in [-0.2, -0.15) is 0 Å². The molecular formula is C17H23N3O. The van der Waals surface area contributed by atoms with E-state index in [1.807, 2.05) is 12.1 Å². The maximum Gasteiger partial charge on any atom is 0.238 e. The van der Waals surface area contributed by atoms with Crippen molar-refractivity contribution in [2.45, 2.75) is 46.2 Å². The van der Waals surface area contributed by atoms with Crippen LogP contribution in [-0.2, 0) is 13.0 Å². The lowest BCUT2D eigenvalue weighted by Gasteiger charge is -2.20. The summed E-state index contributed by atoms with van der Waals surface area (Å²) in [5.74, 6) is 1.30. The Labute approximate surface area is 126 Å². The molecule has 0 amide bonds. The summed E-state index contributed by atoms with van der Waals surface area (Å²) in [4.78, 5) is 8.65. The first kappa shape index (κ1) is 15.4. The maximum absolute atomic E-state index is 5.75. The third kappa shape index (κ3) is 5.16. The SMILES string of the molecule is CCc1ccc(Oc2cncc(CNC(C)(C)C)n2)cc1. The number of ether oxygens (including phenoxy) is 1. The number of aromatic nitrogens is 2. The lowest BCUT2D eigenvalue weighted by molar-refractivity contribution is 0.414. The highest BCUT2D eigenvalue weighted by Gasteiger charge is 2.09. The van der Waals surface area contributed by atoms with Crippen molar-refractivity contribution < 1.29 is 4.74 Å². The van der Waals surface area contributed by atoms with Crippen LogP contribution in [-0.4, -0.2) is 15.5 Å². The van der Waals surface area contributed by atoms with Crippen LogP contribution in [0.5, 0.6) is 11.6 Å². The van der Waals surface area contributed by atoms with Crippen LogP contribution in [0.2, 0.25) is 0 Å². The monoisotopic (exact) mass is 285 g/mol. The highest BCUT2D eigenvalue weighted by atomic mass is 16.5. The van der Waals surface area contributed by atoms with Crippen molar-refractivity contribution in [1.82, 2.24) is 15.3 Å². The van der Waals surface area contributed by atoms with Crippen LogP contribution >= 0.6 is 0 Å². The second-order valence-corrected chi connectivity index (χ2v) is 6.05. The Balaban J connectivity index is 2.03. The summed E-state index contributed by atoms with van der Waals surface area (Å²) in [7, 11) is 0. The molecule has 0 unspecified atom stereocenters. The zero-order chi connectivity index (χ0) is 15.3. The van der Waals surface area contributed by atoms with Crippen molar-refractivity contribution in [1.29, 1.82) is 0 Å². The topological polar surface area (TPSA) is 47.0 Å². The van der Waals surface area contributed by atoms with Gasteiger partial charge in [0.25, 0.3) is 0 Å². The van der Waals surface area contributed by atoms with Gasteiger partial charge in [0.15, 0.2) is 0 Å². The third-order valence-electron chi connectivity index (χ3n) is 3.02. The number of nitrogens with zero attached hydrogens (tertiary/aromatic N) is 2. The minimum absolute atomic E-state index is 0.0501. The van der Waals surface area contributed by atoms with Crippen molar-refractivity contribution in [3.8, 4) is 11.6 Å². The van der Waals surface area contributed by atoms with Crippen LogP contribution in [0.4, 0.5) is 0 Å². The molecule has 0 saturated carbocycles. The number of hydrogen-bond donors (Lipinski definition) is 1. The molecular weight excluding hydrogens is 262 g/mol. The molecule has 0 aliphatic rings. The summed E-state index contributed by atoms with van der Waals surface area (Å²) >= 11 is 0. The third-order valence-corrected chi connectivity index (χ3v) is 3.02. The molecule has 0 aliphatic carbocycles. The molecule has 0 fully saturated rings. The molecule has 4 heteroatoms. The molecule has 4 nitrogen and oxygen atoms in total. The first-order valence-corrected chi connectivity index (χ1v) is 7.29. The van der Waals surface area contributed by atoms with E-state index < -0.39 is 0 Å². The Morgan fingerprint density at radius 1 is 1.10 bits per heavy atom. The number of benzene rings is 1. The molecule has 1 aromatic carbocycles. The lowest BCUT2D eigenvalue weighted by atomic mass is 10.1. The van der Waals surface area contributed by atoms with Crippen LogP contribution in [0.15, 0.2) is 36.7 Å². The van der Waals surface area contributed by atoms with Gasteiger partial charge in [-0.25, -0.2) is 4.98 Å². The largest absolute Gasteiger partial charge is 0.437 e. The molecule has 1 heterocycles. The van der Waals surface area contributed by atoms with E-state index in [1.54, 1.807) is 12.4 Å².